The molecule has 1 atom stereocenters. The van der Waals surface area contributed by atoms with Gasteiger partial charge < -0.3 is 14.4 Å². The standard InChI is InChI=1S/C25H29BrN4O4/c1-6-8-23-28-21-12-10-18(26)13-20(21)24(31)30(23)27-15-17-9-11-19(29(4)5)14-22(17)34-16(3)25(32)33-7-2/h9-16H,6-8H2,1-5H3/t16-/m1/s1. The Morgan fingerprint density at radius 3 is 2.68 bits per heavy atom. The summed E-state index contributed by atoms with van der Waals surface area (Å²) in [5.41, 5.74) is 1.89. The van der Waals surface area contributed by atoms with Gasteiger partial charge in [-0.25, -0.2) is 9.78 Å². The molecule has 0 aliphatic carbocycles. The fraction of sp³-hybridized carbons (Fsp3) is 0.360. The molecule has 180 valence electrons. The molecule has 2 aromatic carbocycles. The van der Waals surface area contributed by atoms with Gasteiger partial charge >= 0.3 is 5.97 Å². The molecular formula is C25H29BrN4O4. The maximum absolute atomic E-state index is 13.3. The molecule has 0 saturated carbocycles. The molecule has 9 heteroatoms. The van der Waals surface area contributed by atoms with Gasteiger partial charge in [-0.05, 0) is 50.6 Å². The summed E-state index contributed by atoms with van der Waals surface area (Å²) in [6, 6.07) is 11.0. The summed E-state index contributed by atoms with van der Waals surface area (Å²) in [6.07, 6.45) is 2.16. The number of ether oxygens (including phenoxy) is 2. The van der Waals surface area contributed by atoms with E-state index < -0.39 is 12.1 Å². The second-order valence-electron chi connectivity index (χ2n) is 7.93. The molecule has 1 aromatic heterocycles. The zero-order valence-corrected chi connectivity index (χ0v) is 21.6. The van der Waals surface area contributed by atoms with E-state index >= 15 is 0 Å². The highest BCUT2D eigenvalue weighted by atomic mass is 79.9. The van der Waals surface area contributed by atoms with Crippen LogP contribution in [0.2, 0.25) is 0 Å². The van der Waals surface area contributed by atoms with Crippen molar-refractivity contribution in [3.05, 3.63) is 62.6 Å². The van der Waals surface area contributed by atoms with Crippen molar-refractivity contribution in [2.45, 2.75) is 39.7 Å². The van der Waals surface area contributed by atoms with Crippen molar-refractivity contribution in [2.24, 2.45) is 5.10 Å². The van der Waals surface area contributed by atoms with Crippen LogP contribution in [0, 0.1) is 0 Å². The Morgan fingerprint density at radius 2 is 2.00 bits per heavy atom. The van der Waals surface area contributed by atoms with Crippen molar-refractivity contribution in [1.82, 2.24) is 9.66 Å². The number of carbonyl (C=O) groups is 1. The molecule has 0 spiro atoms. The number of fused-ring (bicyclic) bond motifs is 1. The third-order valence-corrected chi connectivity index (χ3v) is 5.59. The number of benzene rings is 2. The van der Waals surface area contributed by atoms with E-state index in [0.717, 1.165) is 16.6 Å². The number of carbonyl (C=O) groups excluding carboxylic acids is 1. The first-order valence-corrected chi connectivity index (χ1v) is 11.9. The monoisotopic (exact) mass is 528 g/mol. The van der Waals surface area contributed by atoms with Crippen LogP contribution < -0.4 is 15.2 Å². The van der Waals surface area contributed by atoms with Gasteiger partial charge in [-0.15, -0.1) is 0 Å². The molecule has 34 heavy (non-hydrogen) atoms. The minimum absolute atomic E-state index is 0.252. The molecule has 3 rings (SSSR count). The maximum Gasteiger partial charge on any atom is 0.347 e. The quantitative estimate of drug-likeness (QED) is 0.302. The summed E-state index contributed by atoms with van der Waals surface area (Å²) in [7, 11) is 3.83. The Bertz CT molecular complexity index is 1270. The van der Waals surface area contributed by atoms with Gasteiger partial charge in [-0.1, -0.05) is 22.9 Å². The Balaban J connectivity index is 2.07. The Kier molecular flexibility index (Phi) is 8.44. The van der Waals surface area contributed by atoms with E-state index in [1.165, 1.54) is 4.68 Å². The highest BCUT2D eigenvalue weighted by Gasteiger charge is 2.18. The number of halogens is 1. The minimum atomic E-state index is -0.803. The molecule has 0 bridgehead atoms. The fourth-order valence-corrected chi connectivity index (χ4v) is 3.69. The summed E-state index contributed by atoms with van der Waals surface area (Å²) in [4.78, 5) is 32.0. The molecule has 0 aliphatic rings. The van der Waals surface area contributed by atoms with Crippen LogP contribution in [0.4, 0.5) is 5.69 Å². The minimum Gasteiger partial charge on any atom is -0.478 e. The number of hydrogen-bond acceptors (Lipinski definition) is 7. The van der Waals surface area contributed by atoms with Crippen molar-refractivity contribution >= 4 is 44.7 Å². The molecule has 8 nitrogen and oxygen atoms in total. The second-order valence-corrected chi connectivity index (χ2v) is 8.85. The van der Waals surface area contributed by atoms with Crippen LogP contribution in [0.1, 0.15) is 38.6 Å². The second kappa shape index (κ2) is 11.3. The predicted octanol–water partition coefficient (Wildman–Crippen LogP) is 4.39. The van der Waals surface area contributed by atoms with Gasteiger partial charge in [0.05, 0.1) is 23.7 Å². The predicted molar refractivity (Wildman–Crippen MR) is 138 cm³/mol. The van der Waals surface area contributed by atoms with Crippen LogP contribution >= 0.6 is 15.9 Å². The first kappa shape index (κ1) is 25.4. The lowest BCUT2D eigenvalue weighted by atomic mass is 10.2. The molecule has 0 radical (unpaired) electrons. The number of nitrogens with zero attached hydrogens (tertiary/aromatic N) is 4. The highest BCUT2D eigenvalue weighted by molar-refractivity contribution is 9.10. The van der Waals surface area contributed by atoms with Crippen molar-refractivity contribution in [3.63, 3.8) is 0 Å². The first-order valence-electron chi connectivity index (χ1n) is 11.1. The van der Waals surface area contributed by atoms with Crippen LogP contribution in [-0.4, -0.2) is 48.7 Å². The summed E-state index contributed by atoms with van der Waals surface area (Å²) in [5, 5.41) is 4.96. The van der Waals surface area contributed by atoms with Gasteiger partial charge in [-0.3, -0.25) is 4.79 Å². The Hall–Kier alpha value is -3.20. The Morgan fingerprint density at radius 1 is 1.24 bits per heavy atom. The zero-order valence-electron chi connectivity index (χ0n) is 20.0. The number of hydrogen-bond donors (Lipinski definition) is 0. The lowest BCUT2D eigenvalue weighted by molar-refractivity contribution is -0.150. The molecule has 0 amide bonds. The van der Waals surface area contributed by atoms with E-state index in [9.17, 15) is 9.59 Å². The smallest absolute Gasteiger partial charge is 0.347 e. The van der Waals surface area contributed by atoms with E-state index in [-0.39, 0.29) is 12.2 Å². The van der Waals surface area contributed by atoms with Gasteiger partial charge in [0, 0.05) is 42.3 Å². The number of rotatable bonds is 9. The SMILES string of the molecule is CCCc1nc2ccc(Br)cc2c(=O)n1N=Cc1ccc(N(C)C)cc1O[C@H](C)C(=O)OCC. The molecule has 0 saturated heterocycles. The average molecular weight is 529 g/mol. The number of aryl methyl sites for hydroxylation is 1. The average Bonchev–Trinajstić information content (AvgIpc) is 2.80. The van der Waals surface area contributed by atoms with Crippen LogP contribution in [0.25, 0.3) is 10.9 Å². The normalized spacial score (nSPS) is 12.2. The molecule has 0 aliphatic heterocycles. The summed E-state index contributed by atoms with van der Waals surface area (Å²) in [5.74, 6) is 0.578. The van der Waals surface area contributed by atoms with Crippen LogP contribution in [0.5, 0.6) is 5.75 Å². The summed E-state index contributed by atoms with van der Waals surface area (Å²) < 4.78 is 13.1. The molecule has 0 fully saturated rings. The molecular weight excluding hydrogens is 500 g/mol. The van der Waals surface area contributed by atoms with Crippen LogP contribution in [0.3, 0.4) is 0 Å². The Labute approximate surface area is 207 Å². The van der Waals surface area contributed by atoms with Crippen LogP contribution in [-0.2, 0) is 16.0 Å². The number of esters is 1. The molecule has 1 heterocycles. The fourth-order valence-electron chi connectivity index (χ4n) is 3.33. The molecule has 3 aromatic rings. The van der Waals surface area contributed by atoms with Gasteiger partial charge in [0.2, 0.25) is 0 Å². The highest BCUT2D eigenvalue weighted by Crippen LogP contribution is 2.25. The van der Waals surface area contributed by atoms with Gasteiger partial charge in [0.15, 0.2) is 6.10 Å². The van der Waals surface area contributed by atoms with Gasteiger partial charge in [0.25, 0.3) is 5.56 Å². The van der Waals surface area contributed by atoms with E-state index in [0.29, 0.717) is 34.5 Å². The van der Waals surface area contributed by atoms with E-state index in [2.05, 4.69) is 26.0 Å². The zero-order chi connectivity index (χ0) is 24.8. The largest absolute Gasteiger partial charge is 0.478 e. The molecule has 0 unspecified atom stereocenters. The topological polar surface area (TPSA) is 86.0 Å². The third-order valence-electron chi connectivity index (χ3n) is 5.10. The van der Waals surface area contributed by atoms with Crippen molar-refractivity contribution < 1.29 is 14.3 Å². The summed E-state index contributed by atoms with van der Waals surface area (Å²) in [6.45, 7) is 5.68. The van der Waals surface area contributed by atoms with Crippen molar-refractivity contribution in [3.8, 4) is 5.75 Å². The van der Waals surface area contributed by atoms with Crippen molar-refractivity contribution in [2.75, 3.05) is 25.6 Å². The van der Waals surface area contributed by atoms with E-state index in [1.54, 1.807) is 26.1 Å². The van der Waals surface area contributed by atoms with E-state index in [4.69, 9.17) is 9.47 Å². The number of anilines is 1. The first-order chi connectivity index (χ1) is 16.2. The lowest BCUT2D eigenvalue weighted by Crippen LogP contribution is -2.26. The van der Waals surface area contributed by atoms with Crippen molar-refractivity contribution in [1.29, 1.82) is 0 Å². The lowest BCUT2D eigenvalue weighted by Gasteiger charge is -2.18. The van der Waals surface area contributed by atoms with Gasteiger partial charge in [-0.2, -0.15) is 9.78 Å². The maximum atomic E-state index is 13.3. The van der Waals surface area contributed by atoms with Gasteiger partial charge in [0.1, 0.15) is 11.6 Å². The molecule has 0 N–H and O–H groups in total. The van der Waals surface area contributed by atoms with Crippen LogP contribution in [0.15, 0.2) is 50.8 Å². The number of aromatic nitrogens is 2. The summed E-state index contributed by atoms with van der Waals surface area (Å²) >= 11 is 3.42. The van der Waals surface area contributed by atoms with E-state index in [1.807, 2.05) is 56.3 Å². The third kappa shape index (κ3) is 5.83.